The van der Waals surface area contributed by atoms with Crippen LogP contribution in [0.25, 0.3) is 0 Å². The third kappa shape index (κ3) is 3.52. The van der Waals surface area contributed by atoms with Gasteiger partial charge in [-0.05, 0) is 6.42 Å². The molecule has 1 rings (SSSR count). The number of rotatable bonds is 4. The van der Waals surface area contributed by atoms with Gasteiger partial charge in [0.15, 0.2) is 0 Å². The standard InChI is InChI=1S/C8H13F3N4/c1-15-5-13-4-7(15)6(14-12)2-3-8(9,10)11/h4-6,14H,2-3,12H2,1H3. The van der Waals surface area contributed by atoms with Crippen molar-refractivity contribution in [3.05, 3.63) is 18.2 Å². The van der Waals surface area contributed by atoms with Crippen LogP contribution in [0.15, 0.2) is 12.5 Å². The van der Waals surface area contributed by atoms with Gasteiger partial charge in [0.05, 0.1) is 18.1 Å². The average molecular weight is 222 g/mol. The number of nitrogens with zero attached hydrogens (tertiary/aromatic N) is 2. The Morgan fingerprint density at radius 2 is 2.27 bits per heavy atom. The molecule has 1 heterocycles. The molecule has 0 fully saturated rings. The summed E-state index contributed by atoms with van der Waals surface area (Å²) in [6.45, 7) is 0. The number of nitrogens with one attached hydrogen (secondary N) is 1. The molecule has 1 atom stereocenters. The Labute approximate surface area is 85.3 Å². The molecule has 1 unspecified atom stereocenters. The molecule has 0 spiro atoms. The summed E-state index contributed by atoms with van der Waals surface area (Å²) in [5.41, 5.74) is 3.00. The summed E-state index contributed by atoms with van der Waals surface area (Å²) in [7, 11) is 1.71. The SMILES string of the molecule is Cn1cncc1C(CCC(F)(F)F)NN. The van der Waals surface area contributed by atoms with Crippen molar-refractivity contribution in [2.45, 2.75) is 25.1 Å². The fourth-order valence-corrected chi connectivity index (χ4v) is 1.33. The van der Waals surface area contributed by atoms with E-state index < -0.39 is 18.6 Å². The number of hydrogen-bond donors (Lipinski definition) is 2. The Bertz CT molecular complexity index is 307. The molecule has 4 nitrogen and oxygen atoms in total. The number of aromatic nitrogens is 2. The Kier molecular flexibility index (Phi) is 3.70. The van der Waals surface area contributed by atoms with E-state index in [2.05, 4.69) is 10.4 Å². The molecule has 86 valence electrons. The number of imidazole rings is 1. The van der Waals surface area contributed by atoms with Gasteiger partial charge in [0.1, 0.15) is 0 Å². The first-order valence-corrected chi connectivity index (χ1v) is 4.43. The lowest BCUT2D eigenvalue weighted by Crippen LogP contribution is -2.30. The second kappa shape index (κ2) is 4.63. The van der Waals surface area contributed by atoms with Gasteiger partial charge in [0.2, 0.25) is 0 Å². The van der Waals surface area contributed by atoms with Crippen LogP contribution in [0.1, 0.15) is 24.6 Å². The predicted molar refractivity (Wildman–Crippen MR) is 48.6 cm³/mol. The van der Waals surface area contributed by atoms with Gasteiger partial charge in [-0.1, -0.05) is 0 Å². The molecule has 0 aliphatic heterocycles. The van der Waals surface area contributed by atoms with Gasteiger partial charge in [0, 0.05) is 19.7 Å². The molecule has 0 radical (unpaired) electrons. The molecule has 0 amide bonds. The van der Waals surface area contributed by atoms with E-state index >= 15 is 0 Å². The molecule has 0 aliphatic carbocycles. The van der Waals surface area contributed by atoms with Crippen LogP contribution in [-0.2, 0) is 7.05 Å². The van der Waals surface area contributed by atoms with Crippen LogP contribution >= 0.6 is 0 Å². The van der Waals surface area contributed by atoms with Crippen molar-refractivity contribution >= 4 is 0 Å². The molecule has 15 heavy (non-hydrogen) atoms. The number of hydrogen-bond acceptors (Lipinski definition) is 3. The summed E-state index contributed by atoms with van der Waals surface area (Å²) in [5, 5.41) is 0. The molecule has 7 heteroatoms. The maximum Gasteiger partial charge on any atom is 0.389 e. The largest absolute Gasteiger partial charge is 0.389 e. The third-order valence-corrected chi connectivity index (χ3v) is 2.13. The van der Waals surface area contributed by atoms with Crippen LogP contribution in [0.5, 0.6) is 0 Å². The maximum atomic E-state index is 12.0. The van der Waals surface area contributed by atoms with Gasteiger partial charge in [-0.25, -0.2) is 4.98 Å². The Morgan fingerprint density at radius 3 is 2.67 bits per heavy atom. The van der Waals surface area contributed by atoms with Gasteiger partial charge in [-0.15, -0.1) is 0 Å². The molecule has 0 saturated heterocycles. The van der Waals surface area contributed by atoms with Crippen molar-refractivity contribution in [1.82, 2.24) is 15.0 Å². The van der Waals surface area contributed by atoms with E-state index in [0.717, 1.165) is 0 Å². The summed E-state index contributed by atoms with van der Waals surface area (Å²) >= 11 is 0. The number of alkyl halides is 3. The molecular weight excluding hydrogens is 209 g/mol. The van der Waals surface area contributed by atoms with Gasteiger partial charge in [-0.3, -0.25) is 11.3 Å². The van der Waals surface area contributed by atoms with Crippen molar-refractivity contribution < 1.29 is 13.2 Å². The summed E-state index contributed by atoms with van der Waals surface area (Å²) < 4.78 is 37.7. The van der Waals surface area contributed by atoms with E-state index in [0.29, 0.717) is 5.69 Å². The van der Waals surface area contributed by atoms with Crippen molar-refractivity contribution in [1.29, 1.82) is 0 Å². The normalized spacial score (nSPS) is 14.2. The molecule has 1 aromatic heterocycles. The second-order valence-corrected chi connectivity index (χ2v) is 3.30. The van der Waals surface area contributed by atoms with E-state index in [-0.39, 0.29) is 6.42 Å². The van der Waals surface area contributed by atoms with E-state index in [1.54, 1.807) is 11.6 Å². The highest BCUT2D eigenvalue weighted by atomic mass is 19.4. The number of halogens is 3. The van der Waals surface area contributed by atoms with E-state index in [4.69, 9.17) is 5.84 Å². The monoisotopic (exact) mass is 222 g/mol. The highest BCUT2D eigenvalue weighted by Crippen LogP contribution is 2.26. The lowest BCUT2D eigenvalue weighted by molar-refractivity contribution is -0.136. The van der Waals surface area contributed by atoms with Crippen LogP contribution in [0.2, 0.25) is 0 Å². The highest BCUT2D eigenvalue weighted by molar-refractivity contribution is 5.04. The quantitative estimate of drug-likeness (QED) is 0.595. The Hall–Kier alpha value is -1.08. The van der Waals surface area contributed by atoms with Crippen molar-refractivity contribution in [2.24, 2.45) is 12.9 Å². The molecular formula is C8H13F3N4. The molecule has 0 bridgehead atoms. The second-order valence-electron chi connectivity index (χ2n) is 3.30. The van der Waals surface area contributed by atoms with Gasteiger partial charge < -0.3 is 4.57 Å². The zero-order chi connectivity index (χ0) is 11.5. The predicted octanol–water partition coefficient (Wildman–Crippen LogP) is 1.27. The molecule has 0 aliphatic rings. The minimum Gasteiger partial charge on any atom is -0.336 e. The van der Waals surface area contributed by atoms with E-state index in [9.17, 15) is 13.2 Å². The Morgan fingerprint density at radius 1 is 1.60 bits per heavy atom. The lowest BCUT2D eigenvalue weighted by atomic mass is 10.1. The fourth-order valence-electron chi connectivity index (χ4n) is 1.33. The average Bonchev–Trinajstić information content (AvgIpc) is 2.52. The Balaban J connectivity index is 2.61. The third-order valence-electron chi connectivity index (χ3n) is 2.13. The van der Waals surface area contributed by atoms with Crippen LogP contribution in [0.3, 0.4) is 0 Å². The lowest BCUT2D eigenvalue weighted by Gasteiger charge is -2.17. The first-order chi connectivity index (χ1) is 6.94. The fraction of sp³-hybridized carbons (Fsp3) is 0.625. The van der Waals surface area contributed by atoms with Gasteiger partial charge >= 0.3 is 6.18 Å². The summed E-state index contributed by atoms with van der Waals surface area (Å²) in [6, 6.07) is -0.529. The van der Waals surface area contributed by atoms with Gasteiger partial charge in [-0.2, -0.15) is 13.2 Å². The zero-order valence-corrected chi connectivity index (χ0v) is 8.25. The van der Waals surface area contributed by atoms with E-state index in [1.807, 2.05) is 0 Å². The smallest absolute Gasteiger partial charge is 0.336 e. The minimum atomic E-state index is -4.16. The van der Waals surface area contributed by atoms with Crippen molar-refractivity contribution in [2.75, 3.05) is 0 Å². The minimum absolute atomic E-state index is 0.0977. The summed E-state index contributed by atoms with van der Waals surface area (Å²) in [5.74, 6) is 5.20. The maximum absolute atomic E-state index is 12.0. The van der Waals surface area contributed by atoms with Crippen LogP contribution in [-0.4, -0.2) is 15.7 Å². The zero-order valence-electron chi connectivity index (χ0n) is 8.25. The van der Waals surface area contributed by atoms with Crippen LogP contribution in [0.4, 0.5) is 13.2 Å². The number of nitrogens with two attached hydrogens (primary N) is 1. The molecule has 0 saturated carbocycles. The molecule has 3 N–H and O–H groups in total. The van der Waals surface area contributed by atoms with Crippen LogP contribution < -0.4 is 11.3 Å². The summed E-state index contributed by atoms with van der Waals surface area (Å²) in [4.78, 5) is 3.82. The highest BCUT2D eigenvalue weighted by Gasteiger charge is 2.29. The molecule has 0 aromatic carbocycles. The number of hydrazine groups is 1. The first kappa shape index (κ1) is 12.0. The summed E-state index contributed by atoms with van der Waals surface area (Å²) in [6.07, 6.45) is -2.10. The van der Waals surface area contributed by atoms with Crippen molar-refractivity contribution in [3.63, 3.8) is 0 Å². The molecule has 1 aromatic rings. The van der Waals surface area contributed by atoms with Crippen molar-refractivity contribution in [3.8, 4) is 0 Å². The van der Waals surface area contributed by atoms with Gasteiger partial charge in [0.25, 0.3) is 0 Å². The first-order valence-electron chi connectivity index (χ1n) is 4.43. The van der Waals surface area contributed by atoms with Crippen LogP contribution in [0, 0.1) is 0 Å². The topological polar surface area (TPSA) is 55.9 Å². The number of aryl methyl sites for hydroxylation is 1. The van der Waals surface area contributed by atoms with E-state index in [1.165, 1.54) is 12.5 Å².